The van der Waals surface area contributed by atoms with Crippen molar-refractivity contribution in [2.45, 2.75) is 54.1 Å². The molecule has 0 fully saturated rings. The van der Waals surface area contributed by atoms with E-state index in [2.05, 4.69) is 13.9 Å². The highest BCUT2D eigenvalue weighted by Gasteiger charge is 2.22. The van der Waals surface area contributed by atoms with Crippen molar-refractivity contribution in [2.75, 3.05) is 19.8 Å². The van der Waals surface area contributed by atoms with Gasteiger partial charge in [0.15, 0.2) is 5.56 Å². The monoisotopic (exact) mass is 612 g/mol. The van der Waals surface area contributed by atoms with Crippen molar-refractivity contribution in [1.29, 1.82) is 0 Å². The molecule has 0 unspecified atom stereocenters. The fraction of sp³-hybridized carbons (Fsp3) is 0.355. The molecular weight excluding hydrogens is 576 g/mol. The molecule has 13 nitrogen and oxygen atoms in total. The van der Waals surface area contributed by atoms with Gasteiger partial charge in [-0.3, -0.25) is 19.0 Å². The fourth-order valence-corrected chi connectivity index (χ4v) is 4.10. The number of aryl methyl sites for hydroxylation is 2. The molecule has 0 saturated carbocycles. The third-order valence-corrected chi connectivity index (χ3v) is 5.97. The number of hydrogen-bond acceptors (Lipinski definition) is 11. The minimum atomic E-state index is -0.794. The Kier molecular flexibility index (Phi) is 13.6. The van der Waals surface area contributed by atoms with Crippen LogP contribution in [-0.4, -0.2) is 52.0 Å². The van der Waals surface area contributed by atoms with Gasteiger partial charge >= 0.3 is 29.3 Å². The molecule has 0 radical (unpaired) electrons. The Balaban J connectivity index is 0.000000240. The topological polar surface area (TPSA) is 173 Å². The van der Waals surface area contributed by atoms with Crippen molar-refractivity contribution in [1.82, 2.24) is 9.13 Å². The minimum absolute atomic E-state index is 0.149. The molecule has 0 saturated heterocycles. The standard InChI is InChI=1S/C14H15NO4.C10H9NO3.C7H12O4/c1-3-15-10-8-6-5-7-9(10)12(16)11(13(15)17)14(18)19-4-2;1-2-11-8-6-4-3-5-7(8)9(12)14-10(11)13;1-3-10-6(8)5-7(9)11-4-2/h5-8,16H,3-4H2,1-2H3;3-6H,2H2,1H3;3-5H2,1-2H3. The van der Waals surface area contributed by atoms with Gasteiger partial charge in [0.25, 0.3) is 5.56 Å². The van der Waals surface area contributed by atoms with Crippen LogP contribution in [0.15, 0.2) is 67.3 Å². The van der Waals surface area contributed by atoms with Gasteiger partial charge in [-0.2, -0.15) is 0 Å². The summed E-state index contributed by atoms with van der Waals surface area (Å²) >= 11 is 0. The summed E-state index contributed by atoms with van der Waals surface area (Å²) in [6.07, 6.45) is -0.290. The van der Waals surface area contributed by atoms with E-state index in [0.717, 1.165) is 0 Å². The molecule has 2 aromatic carbocycles. The summed E-state index contributed by atoms with van der Waals surface area (Å²) < 4.78 is 21.3. The first-order valence-corrected chi connectivity index (χ1v) is 14.0. The minimum Gasteiger partial charge on any atom is -0.506 e. The molecule has 4 rings (SSSR count). The van der Waals surface area contributed by atoms with Crippen molar-refractivity contribution in [3.05, 3.63) is 85.4 Å². The van der Waals surface area contributed by atoms with E-state index in [1.807, 2.05) is 6.92 Å². The zero-order valence-corrected chi connectivity index (χ0v) is 25.3. The maximum Gasteiger partial charge on any atom is 0.422 e. The number of hydrogen-bond donors (Lipinski definition) is 1. The normalized spacial score (nSPS) is 10.2. The van der Waals surface area contributed by atoms with E-state index >= 15 is 0 Å². The predicted molar refractivity (Wildman–Crippen MR) is 162 cm³/mol. The van der Waals surface area contributed by atoms with Gasteiger partial charge < -0.3 is 28.3 Å². The van der Waals surface area contributed by atoms with Crippen molar-refractivity contribution in [3.63, 3.8) is 0 Å². The van der Waals surface area contributed by atoms with Gasteiger partial charge in [-0.25, -0.2) is 14.4 Å². The number of rotatable bonds is 8. The number of pyridine rings is 1. The molecule has 0 aliphatic carbocycles. The maximum absolute atomic E-state index is 12.3. The van der Waals surface area contributed by atoms with Gasteiger partial charge in [-0.15, -0.1) is 0 Å². The number of para-hydroxylation sites is 2. The Labute approximate surface area is 252 Å². The van der Waals surface area contributed by atoms with Crippen LogP contribution < -0.4 is 16.9 Å². The third-order valence-electron chi connectivity index (χ3n) is 5.97. The summed E-state index contributed by atoms with van der Waals surface area (Å²) in [6.45, 7) is 10.3. The van der Waals surface area contributed by atoms with Gasteiger partial charge in [0.2, 0.25) is 0 Å². The molecule has 4 aromatic rings. The van der Waals surface area contributed by atoms with Gasteiger partial charge in [-0.1, -0.05) is 24.3 Å². The van der Waals surface area contributed by atoms with Crippen molar-refractivity contribution in [3.8, 4) is 5.75 Å². The van der Waals surface area contributed by atoms with E-state index in [0.29, 0.717) is 34.9 Å². The number of nitrogens with zero attached hydrogens (tertiary/aromatic N) is 2. The van der Waals surface area contributed by atoms with Crippen LogP contribution in [0.3, 0.4) is 0 Å². The van der Waals surface area contributed by atoms with Gasteiger partial charge in [-0.05, 0) is 58.9 Å². The molecule has 236 valence electrons. The van der Waals surface area contributed by atoms with Crippen LogP contribution >= 0.6 is 0 Å². The first-order valence-electron chi connectivity index (χ1n) is 14.0. The number of aromatic hydroxyl groups is 1. The van der Waals surface area contributed by atoms with Crippen molar-refractivity contribution < 1.29 is 38.1 Å². The molecule has 13 heteroatoms. The lowest BCUT2D eigenvalue weighted by Crippen LogP contribution is -2.27. The van der Waals surface area contributed by atoms with E-state index in [4.69, 9.17) is 4.74 Å². The summed E-state index contributed by atoms with van der Waals surface area (Å²) in [5.74, 6) is -2.78. The third kappa shape index (κ3) is 8.66. The highest BCUT2D eigenvalue weighted by molar-refractivity contribution is 5.99. The second-order valence-electron chi connectivity index (χ2n) is 8.71. The van der Waals surface area contributed by atoms with E-state index in [9.17, 15) is 33.9 Å². The summed E-state index contributed by atoms with van der Waals surface area (Å²) in [5, 5.41) is 11.0. The lowest BCUT2D eigenvalue weighted by molar-refractivity contribution is -0.153. The second-order valence-corrected chi connectivity index (χ2v) is 8.71. The quantitative estimate of drug-likeness (QED) is 0.176. The zero-order valence-electron chi connectivity index (χ0n) is 25.3. The number of esters is 3. The number of benzene rings is 2. The summed E-state index contributed by atoms with van der Waals surface area (Å²) in [7, 11) is 0. The molecule has 1 N–H and O–H groups in total. The first-order chi connectivity index (χ1) is 21.1. The predicted octanol–water partition coefficient (Wildman–Crippen LogP) is 3.38. The number of carbonyl (C=O) groups excluding carboxylic acids is 3. The van der Waals surface area contributed by atoms with Crippen LogP contribution in [0, 0.1) is 0 Å². The van der Waals surface area contributed by atoms with Crippen LogP contribution in [0.4, 0.5) is 0 Å². The summed E-state index contributed by atoms with van der Waals surface area (Å²) in [5.41, 5.74) is -0.188. The molecule has 0 amide bonds. The molecule has 0 atom stereocenters. The number of carbonyl (C=O) groups is 3. The average Bonchev–Trinajstić information content (AvgIpc) is 2.99. The molecule has 0 aliphatic rings. The molecule has 0 spiro atoms. The lowest BCUT2D eigenvalue weighted by Gasteiger charge is -2.12. The fourth-order valence-electron chi connectivity index (χ4n) is 4.10. The van der Waals surface area contributed by atoms with Gasteiger partial charge in [0, 0.05) is 18.5 Å². The number of fused-ring (bicyclic) bond motifs is 2. The van der Waals surface area contributed by atoms with Crippen LogP contribution in [0.2, 0.25) is 0 Å². The Bertz CT molecular complexity index is 1770. The Morgan fingerprint density at radius 3 is 1.68 bits per heavy atom. The maximum atomic E-state index is 12.3. The molecule has 2 aromatic heterocycles. The largest absolute Gasteiger partial charge is 0.506 e. The van der Waals surface area contributed by atoms with Crippen LogP contribution in [0.5, 0.6) is 5.75 Å². The number of aromatic nitrogens is 2. The molecule has 44 heavy (non-hydrogen) atoms. The summed E-state index contributed by atoms with van der Waals surface area (Å²) in [4.78, 5) is 67.8. The van der Waals surface area contributed by atoms with E-state index in [-0.39, 0.29) is 37.6 Å². The first kappa shape index (κ1) is 35.0. The van der Waals surface area contributed by atoms with Crippen molar-refractivity contribution in [2.24, 2.45) is 0 Å². The SMILES string of the molecule is CCOC(=O)CC(=O)OCC.CCOC(=O)c1c(O)c2ccccc2n(CC)c1=O.CCn1c(=O)oc(=O)c2ccccc21. The van der Waals surface area contributed by atoms with Crippen LogP contribution in [-0.2, 0) is 36.9 Å². The van der Waals surface area contributed by atoms with E-state index in [1.54, 1.807) is 76.2 Å². The van der Waals surface area contributed by atoms with Crippen LogP contribution in [0.1, 0.15) is 51.4 Å². The second kappa shape index (κ2) is 17.0. The molecule has 0 bridgehead atoms. The van der Waals surface area contributed by atoms with E-state index < -0.39 is 34.8 Å². The number of ether oxygens (including phenoxy) is 3. The lowest BCUT2D eigenvalue weighted by atomic mass is 10.1. The van der Waals surface area contributed by atoms with Crippen molar-refractivity contribution >= 4 is 39.7 Å². The highest BCUT2D eigenvalue weighted by atomic mass is 16.6. The Hall–Kier alpha value is -5.20. The Morgan fingerprint density at radius 2 is 1.18 bits per heavy atom. The van der Waals surface area contributed by atoms with E-state index in [1.165, 1.54) is 9.13 Å². The molecule has 2 heterocycles. The van der Waals surface area contributed by atoms with Gasteiger partial charge in [0.05, 0.1) is 36.2 Å². The smallest absolute Gasteiger partial charge is 0.422 e. The van der Waals surface area contributed by atoms with Crippen LogP contribution in [0.25, 0.3) is 21.8 Å². The van der Waals surface area contributed by atoms with Gasteiger partial charge in [0.1, 0.15) is 12.2 Å². The Morgan fingerprint density at radius 1 is 0.705 bits per heavy atom. The molecular formula is C31H36N2O11. The average molecular weight is 613 g/mol. The summed E-state index contributed by atoms with van der Waals surface area (Å²) in [6, 6.07) is 13.8. The molecule has 0 aliphatic heterocycles. The zero-order chi connectivity index (χ0) is 32.8. The highest BCUT2D eigenvalue weighted by Crippen LogP contribution is 2.26.